The SMILES string of the molecule is NCc1ccn(-c2cc(Cl)c(Cl)cc2Cl)n1. The Labute approximate surface area is 108 Å². The number of benzene rings is 1. The Morgan fingerprint density at radius 3 is 2.44 bits per heavy atom. The maximum atomic E-state index is 6.05. The van der Waals surface area contributed by atoms with Crippen LogP contribution in [0.5, 0.6) is 0 Å². The van der Waals surface area contributed by atoms with Crippen LogP contribution in [0.2, 0.25) is 15.1 Å². The first-order chi connectivity index (χ1) is 7.61. The van der Waals surface area contributed by atoms with Crippen molar-refractivity contribution in [3.05, 3.63) is 45.2 Å². The summed E-state index contributed by atoms with van der Waals surface area (Å²) in [5.41, 5.74) is 6.93. The Morgan fingerprint density at radius 2 is 1.81 bits per heavy atom. The minimum atomic E-state index is 0.381. The molecule has 0 radical (unpaired) electrons. The van der Waals surface area contributed by atoms with Gasteiger partial charge < -0.3 is 5.73 Å². The van der Waals surface area contributed by atoms with Crippen LogP contribution in [-0.2, 0) is 6.54 Å². The summed E-state index contributed by atoms with van der Waals surface area (Å²) in [7, 11) is 0. The molecule has 0 aliphatic rings. The van der Waals surface area contributed by atoms with Crippen molar-refractivity contribution >= 4 is 34.8 Å². The largest absolute Gasteiger partial charge is 0.325 e. The standard InChI is InChI=1S/C10H8Cl3N3/c11-7-3-9(13)10(4-8(7)12)16-2-1-6(5-14)15-16/h1-4H,5,14H2. The zero-order chi connectivity index (χ0) is 11.7. The van der Waals surface area contributed by atoms with E-state index in [2.05, 4.69) is 5.10 Å². The van der Waals surface area contributed by atoms with Crippen LogP contribution >= 0.6 is 34.8 Å². The molecule has 1 aromatic carbocycles. The second kappa shape index (κ2) is 4.63. The van der Waals surface area contributed by atoms with Crippen molar-refractivity contribution in [3.63, 3.8) is 0 Å². The first kappa shape index (κ1) is 11.7. The smallest absolute Gasteiger partial charge is 0.0847 e. The molecule has 0 saturated carbocycles. The average molecular weight is 277 g/mol. The summed E-state index contributed by atoms with van der Waals surface area (Å²) < 4.78 is 1.62. The third-order valence-corrected chi connectivity index (χ3v) is 3.11. The predicted molar refractivity (Wildman–Crippen MR) is 66.5 cm³/mol. The van der Waals surface area contributed by atoms with Crippen LogP contribution in [0.1, 0.15) is 5.69 Å². The quantitative estimate of drug-likeness (QED) is 0.855. The van der Waals surface area contributed by atoms with E-state index < -0.39 is 0 Å². The van der Waals surface area contributed by atoms with Gasteiger partial charge in [-0.05, 0) is 18.2 Å². The molecule has 0 saturated heterocycles. The molecule has 3 nitrogen and oxygen atoms in total. The Balaban J connectivity index is 2.51. The van der Waals surface area contributed by atoms with E-state index in [1.165, 1.54) is 0 Å². The van der Waals surface area contributed by atoms with E-state index >= 15 is 0 Å². The van der Waals surface area contributed by atoms with E-state index in [9.17, 15) is 0 Å². The van der Waals surface area contributed by atoms with Crippen molar-refractivity contribution in [3.8, 4) is 5.69 Å². The molecule has 1 heterocycles. The molecule has 0 amide bonds. The summed E-state index contributed by atoms with van der Waals surface area (Å²) in [4.78, 5) is 0. The van der Waals surface area contributed by atoms with E-state index in [1.54, 1.807) is 23.0 Å². The highest BCUT2D eigenvalue weighted by Crippen LogP contribution is 2.30. The zero-order valence-electron chi connectivity index (χ0n) is 8.12. The topological polar surface area (TPSA) is 43.8 Å². The van der Waals surface area contributed by atoms with Crippen LogP contribution < -0.4 is 5.73 Å². The van der Waals surface area contributed by atoms with E-state index in [0.717, 1.165) is 5.69 Å². The fourth-order valence-corrected chi connectivity index (χ4v) is 1.92. The van der Waals surface area contributed by atoms with Crippen molar-refractivity contribution in [2.75, 3.05) is 0 Å². The van der Waals surface area contributed by atoms with Gasteiger partial charge in [0.25, 0.3) is 0 Å². The fraction of sp³-hybridized carbons (Fsp3) is 0.100. The van der Waals surface area contributed by atoms with Crippen molar-refractivity contribution in [2.24, 2.45) is 5.73 Å². The van der Waals surface area contributed by atoms with Crippen molar-refractivity contribution in [1.82, 2.24) is 9.78 Å². The summed E-state index contributed by atoms with van der Waals surface area (Å²) in [6, 6.07) is 5.07. The van der Waals surface area contributed by atoms with Crippen LogP contribution in [0.15, 0.2) is 24.4 Å². The Bertz CT molecular complexity index is 522. The maximum Gasteiger partial charge on any atom is 0.0847 e. The Hall–Kier alpha value is -0.740. The van der Waals surface area contributed by atoms with Gasteiger partial charge in [0.2, 0.25) is 0 Å². The molecular formula is C10H8Cl3N3. The molecule has 2 aromatic rings. The molecule has 84 valence electrons. The van der Waals surface area contributed by atoms with Crippen molar-refractivity contribution < 1.29 is 0 Å². The van der Waals surface area contributed by atoms with E-state index in [0.29, 0.717) is 27.3 Å². The minimum Gasteiger partial charge on any atom is -0.325 e. The van der Waals surface area contributed by atoms with Gasteiger partial charge in [-0.3, -0.25) is 0 Å². The molecule has 2 rings (SSSR count). The third-order valence-electron chi connectivity index (χ3n) is 2.09. The molecule has 0 atom stereocenters. The summed E-state index contributed by atoms with van der Waals surface area (Å²) in [6.45, 7) is 0.381. The number of aromatic nitrogens is 2. The van der Waals surface area contributed by atoms with Gasteiger partial charge in [-0.25, -0.2) is 4.68 Å². The summed E-state index contributed by atoms with van der Waals surface area (Å²) in [5, 5.41) is 5.58. The van der Waals surface area contributed by atoms with E-state index in [1.807, 2.05) is 6.07 Å². The molecule has 0 spiro atoms. The molecule has 16 heavy (non-hydrogen) atoms. The Kier molecular flexibility index (Phi) is 3.40. The van der Waals surface area contributed by atoms with Gasteiger partial charge >= 0.3 is 0 Å². The number of rotatable bonds is 2. The lowest BCUT2D eigenvalue weighted by molar-refractivity contribution is 0.834. The third kappa shape index (κ3) is 2.18. The van der Waals surface area contributed by atoms with E-state index in [4.69, 9.17) is 40.5 Å². The molecule has 0 bridgehead atoms. The summed E-state index contributed by atoms with van der Waals surface area (Å²) in [6.07, 6.45) is 1.77. The molecule has 1 aromatic heterocycles. The van der Waals surface area contributed by atoms with Gasteiger partial charge in [0, 0.05) is 12.7 Å². The van der Waals surface area contributed by atoms with Crippen LogP contribution in [0, 0.1) is 0 Å². The van der Waals surface area contributed by atoms with Crippen LogP contribution in [-0.4, -0.2) is 9.78 Å². The first-order valence-electron chi connectivity index (χ1n) is 4.51. The van der Waals surface area contributed by atoms with Crippen LogP contribution in [0.3, 0.4) is 0 Å². The molecule has 6 heteroatoms. The minimum absolute atomic E-state index is 0.381. The van der Waals surface area contributed by atoms with Crippen molar-refractivity contribution in [2.45, 2.75) is 6.54 Å². The first-order valence-corrected chi connectivity index (χ1v) is 5.64. The van der Waals surface area contributed by atoms with Gasteiger partial charge in [0.05, 0.1) is 26.4 Å². The zero-order valence-corrected chi connectivity index (χ0v) is 10.4. The lowest BCUT2D eigenvalue weighted by atomic mass is 10.3. The number of nitrogens with two attached hydrogens (primary N) is 1. The highest BCUT2D eigenvalue weighted by atomic mass is 35.5. The molecular weight excluding hydrogens is 268 g/mol. The highest BCUT2D eigenvalue weighted by Gasteiger charge is 2.08. The van der Waals surface area contributed by atoms with Crippen LogP contribution in [0.4, 0.5) is 0 Å². The monoisotopic (exact) mass is 275 g/mol. The van der Waals surface area contributed by atoms with Gasteiger partial charge in [-0.1, -0.05) is 34.8 Å². The number of nitrogens with zero attached hydrogens (tertiary/aromatic N) is 2. The normalized spacial score (nSPS) is 10.8. The molecule has 0 aliphatic heterocycles. The number of hydrogen-bond acceptors (Lipinski definition) is 2. The molecule has 0 fully saturated rings. The molecule has 0 aliphatic carbocycles. The lowest BCUT2D eigenvalue weighted by Gasteiger charge is -2.06. The van der Waals surface area contributed by atoms with Gasteiger partial charge in [-0.15, -0.1) is 0 Å². The summed E-state index contributed by atoms with van der Waals surface area (Å²) in [5.74, 6) is 0. The van der Waals surface area contributed by atoms with Crippen molar-refractivity contribution in [1.29, 1.82) is 0 Å². The maximum absolute atomic E-state index is 6.05. The molecule has 0 unspecified atom stereocenters. The fourth-order valence-electron chi connectivity index (χ4n) is 1.29. The summed E-state index contributed by atoms with van der Waals surface area (Å²) >= 11 is 17.8. The Morgan fingerprint density at radius 1 is 1.12 bits per heavy atom. The van der Waals surface area contributed by atoms with Gasteiger partial charge in [0.1, 0.15) is 0 Å². The van der Waals surface area contributed by atoms with E-state index in [-0.39, 0.29) is 0 Å². The number of hydrogen-bond donors (Lipinski definition) is 1. The predicted octanol–water partition coefficient (Wildman–Crippen LogP) is 3.29. The second-order valence-electron chi connectivity index (χ2n) is 3.17. The van der Waals surface area contributed by atoms with Crippen LogP contribution in [0.25, 0.3) is 5.69 Å². The average Bonchev–Trinajstić information content (AvgIpc) is 2.71. The lowest BCUT2D eigenvalue weighted by Crippen LogP contribution is -2.01. The van der Waals surface area contributed by atoms with Gasteiger partial charge in [-0.2, -0.15) is 5.10 Å². The highest BCUT2D eigenvalue weighted by molar-refractivity contribution is 6.43. The second-order valence-corrected chi connectivity index (χ2v) is 4.40. The van der Waals surface area contributed by atoms with Gasteiger partial charge in [0.15, 0.2) is 0 Å². The molecule has 2 N–H and O–H groups in total. The number of halogens is 3.